The van der Waals surface area contributed by atoms with E-state index in [2.05, 4.69) is 17.4 Å². The van der Waals surface area contributed by atoms with E-state index in [1.54, 1.807) is 27.7 Å². The molecule has 1 aliphatic heterocycles. The van der Waals surface area contributed by atoms with Crippen molar-refractivity contribution in [3.8, 4) is 11.1 Å². The maximum absolute atomic E-state index is 13.4. The molecule has 186 valence electrons. The zero-order valence-electron chi connectivity index (χ0n) is 20.5. The Morgan fingerprint density at radius 3 is 2.17 bits per heavy atom. The smallest absolute Gasteiger partial charge is 0.407 e. The van der Waals surface area contributed by atoms with Gasteiger partial charge >= 0.3 is 12.1 Å². The summed E-state index contributed by atoms with van der Waals surface area (Å²) in [5, 5.41) is 12.4. The number of hydrogen-bond acceptors (Lipinski definition) is 5. The minimum Gasteiger partial charge on any atom is -0.480 e. The van der Waals surface area contributed by atoms with Crippen molar-refractivity contribution in [3.05, 3.63) is 59.7 Å². The van der Waals surface area contributed by atoms with Crippen LogP contribution in [0.1, 0.15) is 44.7 Å². The molecule has 1 fully saturated rings. The predicted molar refractivity (Wildman–Crippen MR) is 130 cm³/mol. The molecule has 0 spiro atoms. The Labute approximate surface area is 205 Å². The summed E-state index contributed by atoms with van der Waals surface area (Å²) in [6, 6.07) is 15.1. The van der Waals surface area contributed by atoms with Crippen LogP contribution >= 0.6 is 0 Å². The van der Waals surface area contributed by atoms with Gasteiger partial charge in [0.15, 0.2) is 6.04 Å². The second kappa shape index (κ2) is 9.34. The first-order chi connectivity index (χ1) is 16.5. The van der Waals surface area contributed by atoms with Gasteiger partial charge in [-0.1, -0.05) is 48.5 Å². The average Bonchev–Trinajstić information content (AvgIpc) is 3.15. The van der Waals surface area contributed by atoms with E-state index < -0.39 is 29.1 Å². The van der Waals surface area contributed by atoms with E-state index in [-0.39, 0.29) is 38.2 Å². The van der Waals surface area contributed by atoms with Crippen LogP contribution in [0.2, 0.25) is 0 Å². The van der Waals surface area contributed by atoms with Gasteiger partial charge < -0.3 is 24.8 Å². The monoisotopic (exact) mass is 480 g/mol. The molecule has 1 atom stereocenters. The second-order valence-corrected chi connectivity index (χ2v) is 10.1. The number of carboxylic acid groups (broad SMARTS) is 1. The Bertz CT molecular complexity index is 1100. The van der Waals surface area contributed by atoms with Crippen LogP contribution in [0, 0.1) is 5.41 Å². The van der Waals surface area contributed by atoms with E-state index in [1.165, 1.54) is 4.90 Å². The number of benzene rings is 2. The summed E-state index contributed by atoms with van der Waals surface area (Å²) in [7, 11) is 0. The van der Waals surface area contributed by atoms with E-state index in [4.69, 9.17) is 9.47 Å². The molecule has 1 unspecified atom stereocenters. The fourth-order valence-electron chi connectivity index (χ4n) is 4.72. The van der Waals surface area contributed by atoms with Gasteiger partial charge in [-0.25, -0.2) is 9.59 Å². The first kappa shape index (κ1) is 24.7. The molecule has 2 aromatic carbocycles. The molecule has 0 radical (unpaired) electrons. The number of alkyl carbamates (subject to hydrolysis) is 1. The molecule has 2 aromatic rings. The quantitative estimate of drug-likeness (QED) is 0.654. The van der Waals surface area contributed by atoms with E-state index in [1.807, 2.05) is 36.4 Å². The Morgan fingerprint density at radius 2 is 1.60 bits per heavy atom. The average molecular weight is 481 g/mol. The van der Waals surface area contributed by atoms with Crippen molar-refractivity contribution in [3.63, 3.8) is 0 Å². The maximum atomic E-state index is 13.4. The normalized spacial score (nSPS) is 17.9. The molecule has 4 rings (SSSR count). The standard InChI is InChI=1S/C27H32N2O6/c1-26(2,24(32)29-13-14-34-16-22(29)23(30)31)27(3,4)28-25(33)35-15-21-19-11-7-5-9-17(19)18-10-6-8-12-20(18)21/h5-12,21-22H,13-16H2,1-4H3,(H,28,33)(H,30,31). The number of ether oxygens (including phenoxy) is 2. The number of carbonyl (C=O) groups excluding carboxylic acids is 2. The van der Waals surface area contributed by atoms with Gasteiger partial charge in [0.1, 0.15) is 6.61 Å². The molecular weight excluding hydrogens is 448 g/mol. The molecule has 0 aromatic heterocycles. The van der Waals surface area contributed by atoms with E-state index in [0.29, 0.717) is 0 Å². The van der Waals surface area contributed by atoms with Crippen molar-refractivity contribution in [2.45, 2.75) is 45.2 Å². The Balaban J connectivity index is 1.45. The van der Waals surface area contributed by atoms with Crippen LogP contribution in [0.25, 0.3) is 11.1 Å². The molecule has 1 heterocycles. The topological polar surface area (TPSA) is 105 Å². The molecule has 8 nitrogen and oxygen atoms in total. The summed E-state index contributed by atoms with van der Waals surface area (Å²) in [6.07, 6.45) is -0.630. The summed E-state index contributed by atoms with van der Waals surface area (Å²) >= 11 is 0. The highest BCUT2D eigenvalue weighted by Gasteiger charge is 2.49. The summed E-state index contributed by atoms with van der Waals surface area (Å²) in [4.78, 5) is 39.3. The Hall–Kier alpha value is -3.39. The predicted octanol–water partition coefficient (Wildman–Crippen LogP) is 3.64. The number of hydrogen-bond donors (Lipinski definition) is 2. The lowest BCUT2D eigenvalue weighted by Crippen LogP contribution is -2.64. The van der Waals surface area contributed by atoms with E-state index in [9.17, 15) is 19.5 Å². The number of nitrogens with zero attached hydrogens (tertiary/aromatic N) is 1. The number of fused-ring (bicyclic) bond motifs is 3. The van der Waals surface area contributed by atoms with Gasteiger partial charge in [-0.15, -0.1) is 0 Å². The van der Waals surface area contributed by atoms with E-state index >= 15 is 0 Å². The first-order valence-corrected chi connectivity index (χ1v) is 11.8. The number of carbonyl (C=O) groups is 3. The third-order valence-electron chi connectivity index (χ3n) is 7.53. The molecule has 1 saturated heterocycles. The van der Waals surface area contributed by atoms with Crippen molar-refractivity contribution in [2.75, 3.05) is 26.4 Å². The summed E-state index contributed by atoms with van der Waals surface area (Å²) in [6.45, 7) is 7.43. The van der Waals surface area contributed by atoms with Gasteiger partial charge in [0.05, 0.1) is 24.2 Å². The summed E-state index contributed by atoms with van der Waals surface area (Å²) in [5.41, 5.74) is 2.38. The van der Waals surface area contributed by atoms with Gasteiger partial charge in [-0.05, 0) is 49.9 Å². The molecular formula is C27H32N2O6. The van der Waals surface area contributed by atoms with Crippen LogP contribution in [0.5, 0.6) is 0 Å². The summed E-state index contributed by atoms with van der Waals surface area (Å²) < 4.78 is 10.9. The van der Waals surface area contributed by atoms with Crippen LogP contribution in [0.15, 0.2) is 48.5 Å². The molecule has 35 heavy (non-hydrogen) atoms. The van der Waals surface area contributed by atoms with Gasteiger partial charge in [0.25, 0.3) is 0 Å². The van der Waals surface area contributed by atoms with Gasteiger partial charge in [-0.2, -0.15) is 0 Å². The van der Waals surface area contributed by atoms with Gasteiger partial charge in [0.2, 0.25) is 5.91 Å². The van der Waals surface area contributed by atoms with Crippen molar-refractivity contribution >= 4 is 18.0 Å². The molecule has 2 N–H and O–H groups in total. The second-order valence-electron chi connectivity index (χ2n) is 10.1. The van der Waals surface area contributed by atoms with Crippen molar-refractivity contribution in [2.24, 2.45) is 5.41 Å². The number of nitrogens with one attached hydrogen (secondary N) is 1. The molecule has 2 amide bonds. The third-order valence-corrected chi connectivity index (χ3v) is 7.53. The number of carboxylic acids is 1. The van der Waals surface area contributed by atoms with Crippen LogP contribution in [-0.4, -0.2) is 65.9 Å². The highest BCUT2D eigenvalue weighted by molar-refractivity contribution is 5.89. The molecule has 0 bridgehead atoms. The van der Waals surface area contributed by atoms with E-state index in [0.717, 1.165) is 22.3 Å². The SMILES string of the molecule is CC(C)(NC(=O)OCC1c2ccccc2-c2ccccc21)C(C)(C)C(=O)N1CCOCC1C(=O)O. The molecule has 0 saturated carbocycles. The van der Waals surface area contributed by atoms with Gasteiger partial charge in [0, 0.05) is 12.5 Å². The number of rotatable bonds is 6. The Morgan fingerprint density at radius 1 is 1.03 bits per heavy atom. The largest absolute Gasteiger partial charge is 0.480 e. The third kappa shape index (κ3) is 4.50. The fourth-order valence-corrected chi connectivity index (χ4v) is 4.72. The van der Waals surface area contributed by atoms with Crippen molar-refractivity contribution in [1.82, 2.24) is 10.2 Å². The van der Waals surface area contributed by atoms with Crippen LogP contribution in [-0.2, 0) is 19.1 Å². The van der Waals surface area contributed by atoms with Gasteiger partial charge in [-0.3, -0.25) is 4.79 Å². The van der Waals surface area contributed by atoms with Crippen LogP contribution in [0.4, 0.5) is 4.79 Å². The number of amides is 2. The minimum atomic E-state index is -1.11. The number of morpholine rings is 1. The van der Waals surface area contributed by atoms with Crippen LogP contribution < -0.4 is 5.32 Å². The lowest BCUT2D eigenvalue weighted by molar-refractivity contribution is -0.165. The number of aliphatic carboxylic acids is 1. The Kier molecular flexibility index (Phi) is 6.60. The summed E-state index contributed by atoms with van der Waals surface area (Å²) in [5.74, 6) is -1.55. The van der Waals surface area contributed by atoms with Crippen molar-refractivity contribution in [1.29, 1.82) is 0 Å². The van der Waals surface area contributed by atoms with Crippen LogP contribution in [0.3, 0.4) is 0 Å². The molecule has 2 aliphatic rings. The fraction of sp³-hybridized carbons (Fsp3) is 0.444. The maximum Gasteiger partial charge on any atom is 0.407 e. The zero-order chi connectivity index (χ0) is 25.4. The highest BCUT2D eigenvalue weighted by atomic mass is 16.5. The first-order valence-electron chi connectivity index (χ1n) is 11.8. The van der Waals surface area contributed by atoms with Crippen molar-refractivity contribution < 1.29 is 29.0 Å². The highest BCUT2D eigenvalue weighted by Crippen LogP contribution is 2.44. The molecule has 8 heteroatoms. The molecule has 1 aliphatic carbocycles. The zero-order valence-corrected chi connectivity index (χ0v) is 20.5. The minimum absolute atomic E-state index is 0.0581. The lowest BCUT2D eigenvalue weighted by atomic mass is 9.73. The lowest BCUT2D eigenvalue weighted by Gasteiger charge is -2.45.